The summed E-state index contributed by atoms with van der Waals surface area (Å²) in [5.74, 6) is -0.251. The second-order valence-electron chi connectivity index (χ2n) is 7.53. The summed E-state index contributed by atoms with van der Waals surface area (Å²) < 4.78 is 7.22. The van der Waals surface area contributed by atoms with E-state index in [4.69, 9.17) is 4.74 Å². The molecular formula is C21H25N3O4S. The van der Waals surface area contributed by atoms with Crippen LogP contribution >= 0.6 is 11.3 Å². The van der Waals surface area contributed by atoms with Crippen LogP contribution < -0.4 is 5.56 Å². The van der Waals surface area contributed by atoms with E-state index in [-0.39, 0.29) is 29.0 Å². The van der Waals surface area contributed by atoms with Crippen LogP contribution in [0.4, 0.5) is 0 Å². The van der Waals surface area contributed by atoms with E-state index in [1.165, 1.54) is 11.3 Å². The zero-order chi connectivity index (χ0) is 20.4. The molecule has 0 aliphatic carbocycles. The lowest BCUT2D eigenvalue weighted by molar-refractivity contribution is 0.0535. The van der Waals surface area contributed by atoms with Gasteiger partial charge in [-0.25, -0.2) is 0 Å². The largest absolute Gasteiger partial charge is 0.376 e. The molecule has 2 amide bonds. The maximum Gasteiger partial charge on any atom is 0.264 e. The Balaban J connectivity index is 1.46. The SMILES string of the molecule is Cc1ccn(CC2CCCO2)c(=O)c1C(=O)N1CCN(C(=O)c2cccs2)CC1. The Kier molecular flexibility index (Phi) is 5.82. The molecule has 29 heavy (non-hydrogen) atoms. The lowest BCUT2D eigenvalue weighted by Crippen LogP contribution is -2.51. The minimum absolute atomic E-state index is 0.00177. The topological polar surface area (TPSA) is 71.8 Å². The monoisotopic (exact) mass is 415 g/mol. The first-order valence-corrected chi connectivity index (χ1v) is 10.9. The number of pyridine rings is 1. The number of rotatable bonds is 4. The molecule has 1 atom stereocenters. The van der Waals surface area contributed by atoms with Crippen LogP contribution in [0.25, 0.3) is 0 Å². The second-order valence-corrected chi connectivity index (χ2v) is 8.48. The maximum absolute atomic E-state index is 13.1. The van der Waals surface area contributed by atoms with Crippen LogP contribution in [-0.4, -0.2) is 65.1 Å². The Morgan fingerprint density at radius 1 is 1.14 bits per heavy atom. The number of aromatic nitrogens is 1. The molecule has 1 unspecified atom stereocenters. The quantitative estimate of drug-likeness (QED) is 0.766. The molecule has 2 aliphatic rings. The number of nitrogens with zero attached hydrogens (tertiary/aromatic N) is 3. The molecule has 2 aromatic rings. The van der Waals surface area contributed by atoms with E-state index >= 15 is 0 Å². The standard InChI is InChI=1S/C21H25N3O4S/c1-15-6-7-24(14-16-4-2-12-28-16)21(27)18(15)20(26)23-10-8-22(9-11-23)19(25)17-5-3-13-29-17/h3,5-7,13,16H,2,4,8-12,14H2,1H3. The molecular weight excluding hydrogens is 390 g/mol. The lowest BCUT2D eigenvalue weighted by Gasteiger charge is -2.34. The molecule has 4 rings (SSSR count). The molecule has 8 heteroatoms. The van der Waals surface area contributed by atoms with Gasteiger partial charge in [0.2, 0.25) is 0 Å². The molecule has 2 fully saturated rings. The molecule has 2 aliphatic heterocycles. The van der Waals surface area contributed by atoms with Gasteiger partial charge in [0.15, 0.2) is 0 Å². The van der Waals surface area contributed by atoms with Crippen molar-refractivity contribution in [3.8, 4) is 0 Å². The van der Waals surface area contributed by atoms with Gasteiger partial charge in [0.05, 0.1) is 17.5 Å². The van der Waals surface area contributed by atoms with E-state index in [0.717, 1.165) is 19.4 Å². The van der Waals surface area contributed by atoms with Crippen molar-refractivity contribution < 1.29 is 14.3 Å². The van der Waals surface area contributed by atoms with E-state index in [2.05, 4.69) is 0 Å². The van der Waals surface area contributed by atoms with Crippen molar-refractivity contribution in [2.45, 2.75) is 32.4 Å². The Morgan fingerprint density at radius 3 is 2.48 bits per heavy atom. The van der Waals surface area contributed by atoms with E-state index in [1.54, 1.807) is 27.5 Å². The summed E-state index contributed by atoms with van der Waals surface area (Å²) in [7, 11) is 0. The molecule has 0 bridgehead atoms. The van der Waals surface area contributed by atoms with Gasteiger partial charge in [0.25, 0.3) is 17.4 Å². The van der Waals surface area contributed by atoms with Gasteiger partial charge in [-0.1, -0.05) is 6.07 Å². The molecule has 0 aromatic carbocycles. The minimum atomic E-state index is -0.261. The van der Waals surface area contributed by atoms with Crippen molar-refractivity contribution in [1.82, 2.24) is 14.4 Å². The smallest absolute Gasteiger partial charge is 0.264 e. The highest BCUT2D eigenvalue weighted by Crippen LogP contribution is 2.16. The Morgan fingerprint density at radius 2 is 1.86 bits per heavy atom. The Hall–Kier alpha value is -2.45. The number of hydrogen-bond acceptors (Lipinski definition) is 5. The molecule has 0 N–H and O–H groups in total. The highest BCUT2D eigenvalue weighted by atomic mass is 32.1. The number of carbonyl (C=O) groups excluding carboxylic acids is 2. The maximum atomic E-state index is 13.1. The number of ether oxygens (including phenoxy) is 1. The van der Waals surface area contributed by atoms with Gasteiger partial charge in [0.1, 0.15) is 5.56 Å². The number of thiophene rings is 1. The van der Waals surface area contributed by atoms with Crippen molar-refractivity contribution in [2.75, 3.05) is 32.8 Å². The fourth-order valence-corrected chi connectivity index (χ4v) is 4.59. The molecule has 0 saturated carbocycles. The van der Waals surface area contributed by atoms with Crippen LogP contribution in [0.1, 0.15) is 38.4 Å². The number of aryl methyl sites for hydroxylation is 1. The van der Waals surface area contributed by atoms with E-state index in [0.29, 0.717) is 43.2 Å². The Labute approximate surface area is 173 Å². The summed E-state index contributed by atoms with van der Waals surface area (Å²) in [4.78, 5) is 42.7. The van der Waals surface area contributed by atoms with Crippen molar-refractivity contribution >= 4 is 23.2 Å². The van der Waals surface area contributed by atoms with Gasteiger partial charge in [-0.05, 0) is 42.8 Å². The van der Waals surface area contributed by atoms with Crippen LogP contribution in [0.5, 0.6) is 0 Å². The first-order valence-electron chi connectivity index (χ1n) is 9.98. The summed E-state index contributed by atoms with van der Waals surface area (Å²) >= 11 is 1.42. The molecule has 0 spiro atoms. The molecule has 4 heterocycles. The van der Waals surface area contributed by atoms with E-state index in [9.17, 15) is 14.4 Å². The average Bonchev–Trinajstić information content (AvgIpc) is 3.44. The first-order chi connectivity index (χ1) is 14.0. The zero-order valence-corrected chi connectivity index (χ0v) is 17.3. The van der Waals surface area contributed by atoms with Gasteiger partial charge in [-0.2, -0.15) is 0 Å². The van der Waals surface area contributed by atoms with Crippen molar-refractivity contribution in [2.24, 2.45) is 0 Å². The number of piperazine rings is 1. The fourth-order valence-electron chi connectivity index (χ4n) is 3.90. The van der Waals surface area contributed by atoms with Gasteiger partial charge in [-0.15, -0.1) is 11.3 Å². The van der Waals surface area contributed by atoms with Crippen LogP contribution in [-0.2, 0) is 11.3 Å². The number of amides is 2. The van der Waals surface area contributed by atoms with Crippen LogP contribution in [0.2, 0.25) is 0 Å². The fraction of sp³-hybridized carbons (Fsp3) is 0.476. The minimum Gasteiger partial charge on any atom is -0.376 e. The second kappa shape index (κ2) is 8.51. The van der Waals surface area contributed by atoms with Gasteiger partial charge >= 0.3 is 0 Å². The molecule has 2 saturated heterocycles. The molecule has 2 aromatic heterocycles. The van der Waals surface area contributed by atoms with E-state index in [1.807, 2.05) is 23.6 Å². The van der Waals surface area contributed by atoms with Crippen molar-refractivity contribution in [3.63, 3.8) is 0 Å². The van der Waals surface area contributed by atoms with Crippen LogP contribution in [0, 0.1) is 6.92 Å². The summed E-state index contributed by atoms with van der Waals surface area (Å²) in [6.45, 7) is 4.79. The van der Waals surface area contributed by atoms with Gasteiger partial charge in [0, 0.05) is 39.0 Å². The summed E-state index contributed by atoms with van der Waals surface area (Å²) in [6, 6.07) is 5.49. The highest BCUT2D eigenvalue weighted by molar-refractivity contribution is 7.12. The van der Waals surface area contributed by atoms with Crippen molar-refractivity contribution in [3.05, 3.63) is 56.1 Å². The molecule has 7 nitrogen and oxygen atoms in total. The summed E-state index contributed by atoms with van der Waals surface area (Å²) in [6.07, 6.45) is 3.72. The third kappa shape index (κ3) is 4.13. The van der Waals surface area contributed by atoms with Crippen LogP contribution in [0.15, 0.2) is 34.6 Å². The predicted octanol–water partition coefficient (Wildman–Crippen LogP) is 2.00. The lowest BCUT2D eigenvalue weighted by atomic mass is 10.1. The number of carbonyl (C=O) groups is 2. The molecule has 154 valence electrons. The predicted molar refractivity (Wildman–Crippen MR) is 111 cm³/mol. The highest BCUT2D eigenvalue weighted by Gasteiger charge is 2.28. The third-order valence-corrected chi connectivity index (χ3v) is 6.46. The summed E-state index contributed by atoms with van der Waals surface area (Å²) in [5.41, 5.74) is 0.645. The van der Waals surface area contributed by atoms with Crippen molar-refractivity contribution in [1.29, 1.82) is 0 Å². The number of hydrogen-bond donors (Lipinski definition) is 0. The third-order valence-electron chi connectivity index (χ3n) is 5.60. The Bertz CT molecular complexity index is 939. The van der Waals surface area contributed by atoms with Gasteiger partial charge in [-0.3, -0.25) is 14.4 Å². The molecule has 0 radical (unpaired) electrons. The average molecular weight is 416 g/mol. The normalized spacial score (nSPS) is 19.6. The van der Waals surface area contributed by atoms with Gasteiger partial charge < -0.3 is 19.1 Å². The zero-order valence-electron chi connectivity index (χ0n) is 16.5. The van der Waals surface area contributed by atoms with Crippen LogP contribution in [0.3, 0.4) is 0 Å². The first kappa shape index (κ1) is 19.8. The summed E-state index contributed by atoms with van der Waals surface area (Å²) in [5, 5.41) is 1.88. The van der Waals surface area contributed by atoms with E-state index < -0.39 is 0 Å².